The lowest BCUT2D eigenvalue weighted by atomic mass is 9.78. The molecule has 2 rings (SSSR count). The smallest absolute Gasteiger partial charge is 0.161 e. The van der Waals surface area contributed by atoms with Crippen LogP contribution in [0.3, 0.4) is 0 Å². The van der Waals surface area contributed by atoms with Gasteiger partial charge < -0.3 is 19.3 Å². The second kappa shape index (κ2) is 8.58. The molecule has 2 aromatic carbocycles. The summed E-state index contributed by atoms with van der Waals surface area (Å²) in [5.41, 5.74) is 1.65. The van der Waals surface area contributed by atoms with E-state index in [1.165, 1.54) is 33.3 Å². The van der Waals surface area contributed by atoms with Crippen molar-refractivity contribution in [3.05, 3.63) is 47.0 Å². The van der Waals surface area contributed by atoms with Crippen LogP contribution < -0.4 is 14.2 Å². The van der Waals surface area contributed by atoms with Gasteiger partial charge in [0.15, 0.2) is 23.0 Å². The van der Waals surface area contributed by atoms with E-state index in [0.717, 1.165) is 5.56 Å². The molecule has 0 aliphatic rings. The van der Waals surface area contributed by atoms with E-state index in [1.807, 2.05) is 6.07 Å². The topological polar surface area (TPSA) is 82.1 Å². The van der Waals surface area contributed by atoms with Gasteiger partial charge >= 0.3 is 0 Å². The monoisotopic (exact) mass is 372 g/mol. The summed E-state index contributed by atoms with van der Waals surface area (Å²) in [6.45, 7) is 3.29. The molecule has 27 heavy (non-hydrogen) atoms. The van der Waals surface area contributed by atoms with Gasteiger partial charge in [-0.05, 0) is 42.3 Å². The van der Waals surface area contributed by atoms with Crippen molar-refractivity contribution in [3.8, 4) is 23.0 Å². The molecule has 0 spiro atoms. The zero-order chi connectivity index (χ0) is 20.1. The van der Waals surface area contributed by atoms with Crippen molar-refractivity contribution in [1.82, 2.24) is 0 Å². The van der Waals surface area contributed by atoms with Crippen LogP contribution in [0.15, 0.2) is 30.3 Å². The Kier molecular flexibility index (Phi) is 6.45. The highest BCUT2D eigenvalue weighted by molar-refractivity contribution is 5.83. The van der Waals surface area contributed by atoms with Crippen molar-refractivity contribution in [1.29, 1.82) is 0 Å². The second-order valence-corrected chi connectivity index (χ2v) is 6.26. The molecule has 1 N–H and O–H groups in total. The van der Waals surface area contributed by atoms with Gasteiger partial charge in [0.05, 0.1) is 21.3 Å². The maximum Gasteiger partial charge on any atom is 0.161 e. The summed E-state index contributed by atoms with van der Waals surface area (Å²) in [5, 5.41) is 10.2. The third-order valence-corrected chi connectivity index (χ3v) is 4.75. The zero-order valence-electron chi connectivity index (χ0n) is 16.1. The Morgan fingerprint density at radius 2 is 1.63 bits per heavy atom. The first-order chi connectivity index (χ1) is 12.9. The average Bonchev–Trinajstić information content (AvgIpc) is 2.67. The third kappa shape index (κ3) is 4.05. The van der Waals surface area contributed by atoms with Crippen LogP contribution in [0.4, 0.5) is 0 Å². The molecule has 0 fully saturated rings. The molecule has 0 heterocycles. The lowest BCUT2D eigenvalue weighted by molar-refractivity contribution is -0.120. The van der Waals surface area contributed by atoms with Crippen LogP contribution >= 0.6 is 0 Å². The van der Waals surface area contributed by atoms with Gasteiger partial charge in [0.25, 0.3) is 0 Å². The van der Waals surface area contributed by atoms with E-state index in [9.17, 15) is 14.7 Å². The average molecular weight is 372 g/mol. The lowest BCUT2D eigenvalue weighted by Crippen LogP contribution is -2.20. The van der Waals surface area contributed by atoms with Crippen molar-refractivity contribution in [3.63, 3.8) is 0 Å². The minimum Gasteiger partial charge on any atom is -0.504 e. The number of carbonyl (C=O) groups is 2. The molecule has 0 saturated carbocycles. The van der Waals surface area contributed by atoms with Crippen molar-refractivity contribution in [2.45, 2.75) is 19.8 Å². The van der Waals surface area contributed by atoms with Crippen LogP contribution in [0.2, 0.25) is 0 Å². The van der Waals surface area contributed by atoms with Crippen molar-refractivity contribution in [2.24, 2.45) is 5.92 Å². The fraction of sp³-hybridized carbons (Fsp3) is 0.333. The number of ketones is 1. The van der Waals surface area contributed by atoms with Gasteiger partial charge in [-0.3, -0.25) is 9.59 Å². The van der Waals surface area contributed by atoms with Gasteiger partial charge in [0.1, 0.15) is 12.1 Å². The molecular weight excluding hydrogens is 348 g/mol. The van der Waals surface area contributed by atoms with Crippen LogP contribution in [0.25, 0.3) is 0 Å². The molecule has 2 aromatic rings. The van der Waals surface area contributed by atoms with Crippen LogP contribution in [0.1, 0.15) is 41.3 Å². The van der Waals surface area contributed by atoms with Gasteiger partial charge in [0, 0.05) is 17.4 Å². The summed E-state index contributed by atoms with van der Waals surface area (Å²) >= 11 is 0. The minimum absolute atomic E-state index is 0.0399. The first-order valence-corrected chi connectivity index (χ1v) is 8.46. The van der Waals surface area contributed by atoms with E-state index in [-0.39, 0.29) is 17.3 Å². The number of carbonyl (C=O) groups excluding carboxylic acids is 2. The van der Waals surface area contributed by atoms with Gasteiger partial charge in [-0.2, -0.15) is 0 Å². The van der Waals surface area contributed by atoms with Crippen LogP contribution in [-0.2, 0) is 4.79 Å². The van der Waals surface area contributed by atoms with Gasteiger partial charge in [-0.15, -0.1) is 0 Å². The first kappa shape index (κ1) is 20.3. The van der Waals surface area contributed by atoms with Gasteiger partial charge in [0.2, 0.25) is 0 Å². The molecule has 6 nitrogen and oxygen atoms in total. The van der Waals surface area contributed by atoms with Crippen LogP contribution in [0.5, 0.6) is 23.0 Å². The second-order valence-electron chi connectivity index (χ2n) is 6.26. The number of phenolic OH excluding ortho intramolecular Hbond substituents is 1. The SMILES string of the molecule is COc1cc(C=O)c([C@H](c2ccc(OC)c(OC)c2)[C@@H](C)C(C)=O)cc1O. The molecular formula is C21H24O6. The summed E-state index contributed by atoms with van der Waals surface area (Å²) in [7, 11) is 4.48. The minimum atomic E-state index is -0.459. The first-order valence-electron chi connectivity index (χ1n) is 8.46. The lowest BCUT2D eigenvalue weighted by Gasteiger charge is -2.26. The predicted molar refractivity (Wildman–Crippen MR) is 101 cm³/mol. The fourth-order valence-corrected chi connectivity index (χ4v) is 3.15. The molecule has 0 amide bonds. The molecule has 0 unspecified atom stereocenters. The van der Waals surface area contributed by atoms with Gasteiger partial charge in [-0.25, -0.2) is 0 Å². The third-order valence-electron chi connectivity index (χ3n) is 4.75. The Morgan fingerprint density at radius 3 is 2.15 bits per heavy atom. The maximum absolute atomic E-state index is 12.2. The number of hydrogen-bond donors (Lipinski definition) is 1. The summed E-state index contributed by atoms with van der Waals surface area (Å²) in [5.74, 6) is 0.238. The van der Waals surface area contributed by atoms with Crippen molar-refractivity contribution >= 4 is 12.1 Å². The van der Waals surface area contributed by atoms with Gasteiger partial charge in [-0.1, -0.05) is 13.0 Å². The number of rotatable bonds is 8. The number of benzene rings is 2. The molecule has 0 radical (unpaired) electrons. The van der Waals surface area contributed by atoms with E-state index >= 15 is 0 Å². The molecule has 6 heteroatoms. The number of phenols is 1. The Labute approximate surface area is 158 Å². The highest BCUT2D eigenvalue weighted by Crippen LogP contribution is 2.41. The quantitative estimate of drug-likeness (QED) is 0.713. The number of Topliss-reactive ketones (excluding diaryl/α,β-unsaturated/α-hetero) is 1. The highest BCUT2D eigenvalue weighted by Gasteiger charge is 2.29. The van der Waals surface area contributed by atoms with E-state index < -0.39 is 11.8 Å². The Balaban J connectivity index is 2.72. The van der Waals surface area contributed by atoms with E-state index in [4.69, 9.17) is 14.2 Å². The molecule has 0 aliphatic carbocycles. The molecule has 144 valence electrons. The van der Waals surface area contributed by atoms with E-state index in [2.05, 4.69) is 0 Å². The molecule has 0 aromatic heterocycles. The Hall–Kier alpha value is -3.02. The number of hydrogen-bond acceptors (Lipinski definition) is 6. The van der Waals surface area contributed by atoms with Crippen molar-refractivity contribution < 1.29 is 28.9 Å². The molecule has 0 bridgehead atoms. The standard InChI is InChI=1S/C21H24O6/c1-12(13(2)23)21(14-6-7-18(25-3)20(8-14)27-5)16-10-17(24)19(26-4)9-15(16)11-22/h6-12,21,24H,1-5H3/t12-,21-/m0/s1. The maximum atomic E-state index is 12.2. The number of methoxy groups -OCH3 is 3. The molecule has 0 saturated heterocycles. The van der Waals surface area contributed by atoms with Crippen molar-refractivity contribution in [2.75, 3.05) is 21.3 Å². The van der Waals surface area contributed by atoms with Crippen LogP contribution in [0, 0.1) is 5.92 Å². The summed E-state index contributed by atoms with van der Waals surface area (Å²) in [4.78, 5) is 23.9. The molecule has 2 atom stereocenters. The largest absolute Gasteiger partial charge is 0.504 e. The Morgan fingerprint density at radius 1 is 1.00 bits per heavy atom. The molecule has 0 aliphatic heterocycles. The van der Waals surface area contributed by atoms with E-state index in [0.29, 0.717) is 28.9 Å². The summed E-state index contributed by atoms with van der Waals surface area (Å²) in [6.07, 6.45) is 0.692. The van der Waals surface area contributed by atoms with E-state index in [1.54, 1.807) is 26.2 Å². The highest BCUT2D eigenvalue weighted by atomic mass is 16.5. The summed E-state index contributed by atoms with van der Waals surface area (Å²) in [6, 6.07) is 8.29. The van der Waals surface area contributed by atoms with Crippen LogP contribution in [-0.4, -0.2) is 38.5 Å². The fourth-order valence-electron chi connectivity index (χ4n) is 3.15. The Bertz CT molecular complexity index is 843. The number of aldehydes is 1. The zero-order valence-corrected chi connectivity index (χ0v) is 16.1. The number of ether oxygens (including phenoxy) is 3. The summed E-state index contributed by atoms with van der Waals surface area (Å²) < 4.78 is 15.7. The predicted octanol–water partition coefficient (Wildman–Crippen LogP) is 3.59. The normalized spacial score (nSPS) is 12.8. The number of aromatic hydroxyl groups is 1.